The third-order valence-corrected chi connectivity index (χ3v) is 7.55. The van der Waals surface area contributed by atoms with Crippen LogP contribution in [-0.2, 0) is 0 Å². The first-order chi connectivity index (χ1) is 12.8. The number of para-hydroxylation sites is 1. The first-order valence-electron chi connectivity index (χ1n) is 11.1. The Hall–Kier alpha value is -1.28. The Labute approximate surface area is 159 Å². The minimum atomic E-state index is 0.673. The molecule has 0 amide bonds. The van der Waals surface area contributed by atoms with E-state index in [-0.39, 0.29) is 0 Å². The Morgan fingerprint density at radius 1 is 0.923 bits per heavy atom. The summed E-state index contributed by atoms with van der Waals surface area (Å²) in [6, 6.07) is 9.22. The van der Waals surface area contributed by atoms with Crippen molar-refractivity contribution in [2.45, 2.75) is 57.8 Å². The van der Waals surface area contributed by atoms with E-state index in [9.17, 15) is 0 Å². The van der Waals surface area contributed by atoms with E-state index >= 15 is 0 Å². The summed E-state index contributed by atoms with van der Waals surface area (Å²) in [5.41, 5.74) is 5.31. The molecule has 1 aromatic rings. The molecule has 4 aliphatic rings. The molecule has 0 atom stereocenters. The maximum Gasteiger partial charge on any atom is 0.0443 e. The summed E-state index contributed by atoms with van der Waals surface area (Å²) in [5, 5.41) is 0. The Morgan fingerprint density at radius 2 is 1.69 bits per heavy atom. The molecule has 0 N–H and O–H groups in total. The summed E-state index contributed by atoms with van der Waals surface area (Å²) < 4.78 is 0. The molecule has 2 saturated carbocycles. The van der Waals surface area contributed by atoms with Crippen molar-refractivity contribution in [3.63, 3.8) is 0 Å². The third kappa shape index (κ3) is 3.45. The van der Waals surface area contributed by atoms with Crippen LogP contribution in [0, 0.1) is 11.3 Å². The Kier molecular flexibility index (Phi) is 4.56. The molecule has 5 rings (SSSR count). The molecule has 2 heteroatoms. The van der Waals surface area contributed by atoms with Gasteiger partial charge in [-0.3, -0.25) is 4.90 Å². The molecule has 0 aromatic heterocycles. The number of piperazine rings is 1. The fourth-order valence-corrected chi connectivity index (χ4v) is 5.63. The molecule has 1 aliphatic heterocycles. The lowest BCUT2D eigenvalue weighted by atomic mass is 9.72. The van der Waals surface area contributed by atoms with Crippen LogP contribution >= 0.6 is 0 Å². The van der Waals surface area contributed by atoms with Crippen LogP contribution < -0.4 is 4.90 Å². The maximum absolute atomic E-state index is 2.69. The van der Waals surface area contributed by atoms with E-state index in [0.29, 0.717) is 5.41 Å². The van der Waals surface area contributed by atoms with Crippen molar-refractivity contribution in [2.75, 3.05) is 37.6 Å². The standard InChI is InChI=1S/C24H34N2/c1-2-6-23(26-17-15-25(16-18-26)19-20-7-8-20)22(5-1)21-9-13-24(14-10-21)11-3-4-12-24/h1-2,5-6,9,20H,3-4,7-8,10-19H2. The van der Waals surface area contributed by atoms with E-state index in [2.05, 4.69) is 40.1 Å². The van der Waals surface area contributed by atoms with Crippen molar-refractivity contribution in [2.24, 2.45) is 11.3 Å². The topological polar surface area (TPSA) is 6.48 Å². The zero-order chi connectivity index (χ0) is 17.4. The summed E-state index contributed by atoms with van der Waals surface area (Å²) in [6.07, 6.45) is 15.5. The lowest BCUT2D eigenvalue weighted by molar-refractivity contribution is 0.248. The van der Waals surface area contributed by atoms with Crippen LogP contribution in [0.15, 0.2) is 30.3 Å². The Bertz CT molecular complexity index is 659. The Morgan fingerprint density at radius 3 is 2.38 bits per heavy atom. The first kappa shape index (κ1) is 16.9. The highest BCUT2D eigenvalue weighted by Crippen LogP contribution is 2.50. The summed E-state index contributed by atoms with van der Waals surface area (Å²) >= 11 is 0. The second-order valence-corrected chi connectivity index (χ2v) is 9.39. The summed E-state index contributed by atoms with van der Waals surface area (Å²) in [7, 11) is 0. The van der Waals surface area contributed by atoms with Crippen molar-refractivity contribution >= 4 is 11.3 Å². The van der Waals surface area contributed by atoms with Gasteiger partial charge in [-0.15, -0.1) is 0 Å². The lowest BCUT2D eigenvalue weighted by Crippen LogP contribution is -2.47. The minimum Gasteiger partial charge on any atom is -0.368 e. The number of hydrogen-bond donors (Lipinski definition) is 0. The normalized spacial score (nSPS) is 26.3. The van der Waals surface area contributed by atoms with Gasteiger partial charge in [0.15, 0.2) is 0 Å². The van der Waals surface area contributed by atoms with Gasteiger partial charge in [0.05, 0.1) is 0 Å². The molecular weight excluding hydrogens is 316 g/mol. The average molecular weight is 351 g/mol. The molecule has 1 heterocycles. The molecule has 140 valence electrons. The van der Waals surface area contributed by atoms with Gasteiger partial charge in [0.1, 0.15) is 0 Å². The number of nitrogens with zero attached hydrogens (tertiary/aromatic N) is 2. The highest BCUT2D eigenvalue weighted by Gasteiger charge is 2.35. The number of benzene rings is 1. The predicted octanol–water partition coefficient (Wildman–Crippen LogP) is 5.35. The van der Waals surface area contributed by atoms with Gasteiger partial charge in [0.2, 0.25) is 0 Å². The largest absolute Gasteiger partial charge is 0.368 e. The van der Waals surface area contributed by atoms with Crippen LogP contribution in [-0.4, -0.2) is 37.6 Å². The molecule has 3 fully saturated rings. The third-order valence-electron chi connectivity index (χ3n) is 7.55. The molecule has 1 aromatic carbocycles. The fraction of sp³-hybridized carbons (Fsp3) is 0.667. The van der Waals surface area contributed by atoms with Gasteiger partial charge in [0, 0.05) is 44.0 Å². The number of anilines is 1. The molecule has 1 spiro atoms. The second-order valence-electron chi connectivity index (χ2n) is 9.39. The van der Waals surface area contributed by atoms with Crippen molar-refractivity contribution < 1.29 is 0 Å². The highest BCUT2D eigenvalue weighted by atomic mass is 15.3. The van der Waals surface area contributed by atoms with Gasteiger partial charge in [-0.05, 0) is 67.9 Å². The van der Waals surface area contributed by atoms with E-state index in [0.717, 1.165) is 5.92 Å². The van der Waals surface area contributed by atoms with Gasteiger partial charge in [-0.1, -0.05) is 37.1 Å². The second kappa shape index (κ2) is 7.03. The van der Waals surface area contributed by atoms with Crippen molar-refractivity contribution in [1.29, 1.82) is 0 Å². The Balaban J connectivity index is 1.29. The lowest BCUT2D eigenvalue weighted by Gasteiger charge is -2.38. The molecular formula is C24H34N2. The number of hydrogen-bond acceptors (Lipinski definition) is 2. The van der Waals surface area contributed by atoms with E-state index in [1.807, 2.05) is 0 Å². The quantitative estimate of drug-likeness (QED) is 0.722. The van der Waals surface area contributed by atoms with Crippen LogP contribution in [0.1, 0.15) is 63.4 Å². The number of rotatable bonds is 4. The van der Waals surface area contributed by atoms with E-state index in [1.54, 1.807) is 5.57 Å². The summed E-state index contributed by atoms with van der Waals surface area (Å²) in [4.78, 5) is 5.35. The van der Waals surface area contributed by atoms with Gasteiger partial charge in [-0.2, -0.15) is 0 Å². The molecule has 0 unspecified atom stereocenters. The molecule has 0 bridgehead atoms. The van der Waals surface area contributed by atoms with Crippen LogP contribution in [0.4, 0.5) is 5.69 Å². The van der Waals surface area contributed by atoms with E-state index < -0.39 is 0 Å². The van der Waals surface area contributed by atoms with Crippen molar-refractivity contribution in [3.05, 3.63) is 35.9 Å². The monoisotopic (exact) mass is 350 g/mol. The molecule has 3 aliphatic carbocycles. The van der Waals surface area contributed by atoms with Crippen LogP contribution in [0.2, 0.25) is 0 Å². The van der Waals surface area contributed by atoms with Gasteiger partial charge in [0.25, 0.3) is 0 Å². The van der Waals surface area contributed by atoms with Gasteiger partial charge in [-0.25, -0.2) is 0 Å². The minimum absolute atomic E-state index is 0.673. The van der Waals surface area contributed by atoms with Gasteiger partial charge < -0.3 is 4.90 Å². The zero-order valence-corrected chi connectivity index (χ0v) is 16.3. The smallest absolute Gasteiger partial charge is 0.0443 e. The molecule has 1 saturated heterocycles. The van der Waals surface area contributed by atoms with Crippen LogP contribution in [0.25, 0.3) is 5.57 Å². The average Bonchev–Trinajstić information content (AvgIpc) is 3.40. The fourth-order valence-electron chi connectivity index (χ4n) is 5.63. The maximum atomic E-state index is 2.69. The first-order valence-corrected chi connectivity index (χ1v) is 11.1. The summed E-state index contributed by atoms with van der Waals surface area (Å²) in [5.74, 6) is 1.02. The predicted molar refractivity (Wildman–Crippen MR) is 111 cm³/mol. The summed E-state index contributed by atoms with van der Waals surface area (Å²) in [6.45, 7) is 6.23. The molecule has 26 heavy (non-hydrogen) atoms. The highest BCUT2D eigenvalue weighted by molar-refractivity contribution is 5.77. The van der Waals surface area contributed by atoms with Crippen molar-refractivity contribution in [1.82, 2.24) is 4.90 Å². The number of allylic oxidation sites excluding steroid dienone is 2. The SMILES string of the molecule is C1=C(c2ccccc2N2CCN(CC3CC3)CC2)CCC2(C1)CCCC2. The van der Waals surface area contributed by atoms with E-state index in [1.165, 1.54) is 102 Å². The zero-order valence-electron chi connectivity index (χ0n) is 16.3. The molecule has 0 radical (unpaired) electrons. The van der Waals surface area contributed by atoms with Crippen LogP contribution in [0.5, 0.6) is 0 Å². The molecule has 2 nitrogen and oxygen atoms in total. The van der Waals surface area contributed by atoms with Crippen LogP contribution in [0.3, 0.4) is 0 Å². The van der Waals surface area contributed by atoms with Crippen molar-refractivity contribution in [3.8, 4) is 0 Å². The van der Waals surface area contributed by atoms with E-state index in [4.69, 9.17) is 0 Å². The van der Waals surface area contributed by atoms with Gasteiger partial charge >= 0.3 is 0 Å².